The highest BCUT2D eigenvalue weighted by Gasteiger charge is 2.35. The molecule has 0 bridgehead atoms. The fourth-order valence-corrected chi connectivity index (χ4v) is 4.15. The Morgan fingerprint density at radius 3 is 1.84 bits per heavy atom. The minimum atomic E-state index is -0.987. The lowest BCUT2D eigenvalue weighted by atomic mass is 9.81. The zero-order valence-electron chi connectivity index (χ0n) is 18.0. The Kier molecular flexibility index (Phi) is 5.90. The molecule has 0 saturated heterocycles. The summed E-state index contributed by atoms with van der Waals surface area (Å²) < 4.78 is 0. The molecule has 0 spiro atoms. The predicted molar refractivity (Wildman–Crippen MR) is 122 cm³/mol. The Labute approximate surface area is 186 Å². The number of benzene rings is 2. The van der Waals surface area contributed by atoms with Gasteiger partial charge in [0.05, 0.1) is 29.9 Å². The van der Waals surface area contributed by atoms with Crippen molar-refractivity contribution in [2.75, 3.05) is 11.9 Å². The van der Waals surface area contributed by atoms with E-state index < -0.39 is 17.9 Å². The van der Waals surface area contributed by atoms with Crippen molar-refractivity contribution >= 4 is 17.8 Å². The molecule has 1 aliphatic heterocycles. The summed E-state index contributed by atoms with van der Waals surface area (Å²) in [4.78, 5) is 32.8. The molecule has 0 aliphatic carbocycles. The van der Waals surface area contributed by atoms with Crippen LogP contribution >= 0.6 is 0 Å². The van der Waals surface area contributed by atoms with E-state index in [9.17, 15) is 19.8 Å². The SMILES string of the molecule is Cc1ccc(-c2nc3c(nc2-c2ccc(C)cc2)C(CC(=O)O)C(CC(=O)O)CN3)cc1. The van der Waals surface area contributed by atoms with Gasteiger partial charge in [-0.3, -0.25) is 9.59 Å². The number of hydrogen-bond donors (Lipinski definition) is 3. The van der Waals surface area contributed by atoms with Crippen molar-refractivity contribution in [2.45, 2.75) is 32.6 Å². The molecule has 0 radical (unpaired) electrons. The van der Waals surface area contributed by atoms with E-state index in [0.717, 1.165) is 22.3 Å². The number of carboxylic acids is 2. The Morgan fingerprint density at radius 2 is 1.34 bits per heavy atom. The van der Waals surface area contributed by atoms with E-state index in [4.69, 9.17) is 9.97 Å². The number of hydrogen-bond acceptors (Lipinski definition) is 5. The van der Waals surface area contributed by atoms with Gasteiger partial charge in [0.15, 0.2) is 0 Å². The van der Waals surface area contributed by atoms with E-state index in [-0.39, 0.29) is 18.8 Å². The molecule has 2 heterocycles. The maximum absolute atomic E-state index is 11.6. The van der Waals surface area contributed by atoms with Crippen LogP contribution < -0.4 is 5.32 Å². The lowest BCUT2D eigenvalue weighted by Crippen LogP contribution is -2.32. The van der Waals surface area contributed by atoms with Crippen molar-refractivity contribution < 1.29 is 19.8 Å². The molecule has 3 aromatic rings. The highest BCUT2D eigenvalue weighted by molar-refractivity contribution is 5.80. The largest absolute Gasteiger partial charge is 0.481 e. The molecule has 2 aromatic carbocycles. The number of rotatable bonds is 6. The summed E-state index contributed by atoms with van der Waals surface area (Å²) in [6.07, 6.45) is -0.329. The predicted octanol–water partition coefficient (Wildman–Crippen LogP) is 4.50. The third-order valence-electron chi connectivity index (χ3n) is 5.86. The second kappa shape index (κ2) is 8.78. The summed E-state index contributed by atoms with van der Waals surface area (Å²) in [7, 11) is 0. The molecule has 0 fully saturated rings. The van der Waals surface area contributed by atoms with Gasteiger partial charge in [-0.25, -0.2) is 9.97 Å². The van der Waals surface area contributed by atoms with Gasteiger partial charge in [0.1, 0.15) is 5.82 Å². The molecule has 1 aliphatic rings. The molecule has 32 heavy (non-hydrogen) atoms. The van der Waals surface area contributed by atoms with E-state index in [1.54, 1.807) is 0 Å². The van der Waals surface area contributed by atoms with Gasteiger partial charge in [-0.2, -0.15) is 0 Å². The summed E-state index contributed by atoms with van der Waals surface area (Å²) in [5.41, 5.74) is 5.89. The maximum Gasteiger partial charge on any atom is 0.304 e. The summed E-state index contributed by atoms with van der Waals surface area (Å²) in [6, 6.07) is 16.0. The number of nitrogens with one attached hydrogen (secondary N) is 1. The second-order valence-corrected chi connectivity index (χ2v) is 8.33. The molecular weight excluding hydrogens is 406 g/mol. The van der Waals surface area contributed by atoms with E-state index in [0.29, 0.717) is 29.4 Å². The van der Waals surface area contributed by atoms with Crippen molar-refractivity contribution in [3.05, 3.63) is 65.4 Å². The zero-order chi connectivity index (χ0) is 22.8. The summed E-state index contributed by atoms with van der Waals surface area (Å²) in [5, 5.41) is 22.0. The van der Waals surface area contributed by atoms with Crippen LogP contribution in [0.15, 0.2) is 48.5 Å². The average Bonchev–Trinajstić information content (AvgIpc) is 2.75. The molecule has 164 valence electrons. The molecule has 0 saturated carbocycles. The minimum absolute atomic E-state index is 0.133. The smallest absolute Gasteiger partial charge is 0.304 e. The molecule has 2 atom stereocenters. The zero-order valence-corrected chi connectivity index (χ0v) is 18.0. The third-order valence-corrected chi connectivity index (χ3v) is 5.86. The van der Waals surface area contributed by atoms with Crippen molar-refractivity contribution in [2.24, 2.45) is 5.92 Å². The lowest BCUT2D eigenvalue weighted by Gasteiger charge is -2.32. The quantitative estimate of drug-likeness (QED) is 0.527. The third kappa shape index (κ3) is 4.46. The van der Waals surface area contributed by atoms with E-state index in [2.05, 4.69) is 5.32 Å². The van der Waals surface area contributed by atoms with Crippen molar-refractivity contribution in [1.29, 1.82) is 0 Å². The highest BCUT2D eigenvalue weighted by Crippen LogP contribution is 2.41. The van der Waals surface area contributed by atoms with Gasteiger partial charge in [0, 0.05) is 23.6 Å². The minimum Gasteiger partial charge on any atom is -0.481 e. The Bertz CT molecular complexity index is 1160. The first-order valence-corrected chi connectivity index (χ1v) is 10.6. The fraction of sp³-hybridized carbons (Fsp3) is 0.280. The van der Waals surface area contributed by atoms with Crippen molar-refractivity contribution in [1.82, 2.24) is 9.97 Å². The van der Waals surface area contributed by atoms with Crippen molar-refractivity contribution in [3.8, 4) is 22.5 Å². The Balaban J connectivity index is 1.90. The van der Waals surface area contributed by atoms with Crippen LogP contribution in [0.2, 0.25) is 0 Å². The van der Waals surface area contributed by atoms with Gasteiger partial charge in [0.2, 0.25) is 0 Å². The fourth-order valence-electron chi connectivity index (χ4n) is 4.15. The maximum atomic E-state index is 11.6. The summed E-state index contributed by atoms with van der Waals surface area (Å²) in [5.74, 6) is -2.35. The topological polar surface area (TPSA) is 112 Å². The molecule has 1 aromatic heterocycles. The second-order valence-electron chi connectivity index (χ2n) is 8.33. The molecule has 2 unspecified atom stereocenters. The van der Waals surface area contributed by atoms with E-state index >= 15 is 0 Å². The normalized spacial score (nSPS) is 17.3. The molecular formula is C25H25N3O4. The van der Waals surface area contributed by atoms with Crippen LogP contribution in [0.3, 0.4) is 0 Å². The number of aliphatic carboxylic acids is 2. The number of nitrogens with zero attached hydrogens (tertiary/aromatic N) is 2. The number of carboxylic acid groups (broad SMARTS) is 2. The van der Waals surface area contributed by atoms with Crippen LogP contribution in [-0.2, 0) is 9.59 Å². The van der Waals surface area contributed by atoms with E-state index in [1.807, 2.05) is 62.4 Å². The lowest BCUT2D eigenvalue weighted by molar-refractivity contribution is -0.140. The monoisotopic (exact) mass is 431 g/mol. The first-order chi connectivity index (χ1) is 15.3. The van der Waals surface area contributed by atoms with Gasteiger partial charge >= 0.3 is 11.9 Å². The molecule has 0 amide bonds. The van der Waals surface area contributed by atoms with Gasteiger partial charge in [-0.15, -0.1) is 0 Å². The first kappa shape index (κ1) is 21.5. The highest BCUT2D eigenvalue weighted by atomic mass is 16.4. The summed E-state index contributed by atoms with van der Waals surface area (Å²) >= 11 is 0. The van der Waals surface area contributed by atoms with Crippen LogP contribution in [0.1, 0.15) is 35.6 Å². The number of carbonyl (C=O) groups is 2. The Morgan fingerprint density at radius 1 is 0.844 bits per heavy atom. The first-order valence-electron chi connectivity index (χ1n) is 10.6. The molecule has 3 N–H and O–H groups in total. The van der Waals surface area contributed by atoms with Gasteiger partial charge < -0.3 is 15.5 Å². The van der Waals surface area contributed by atoms with Crippen molar-refractivity contribution in [3.63, 3.8) is 0 Å². The van der Waals surface area contributed by atoms with E-state index in [1.165, 1.54) is 0 Å². The van der Waals surface area contributed by atoms with Gasteiger partial charge in [-0.1, -0.05) is 59.7 Å². The number of anilines is 1. The molecule has 7 heteroatoms. The van der Waals surface area contributed by atoms with Gasteiger partial charge in [0.25, 0.3) is 0 Å². The van der Waals surface area contributed by atoms with Crippen LogP contribution in [0.4, 0.5) is 5.82 Å². The summed E-state index contributed by atoms with van der Waals surface area (Å²) in [6.45, 7) is 4.36. The van der Waals surface area contributed by atoms with Crippen LogP contribution in [0.5, 0.6) is 0 Å². The van der Waals surface area contributed by atoms with Crippen LogP contribution in [-0.4, -0.2) is 38.7 Å². The Hall–Kier alpha value is -3.74. The molecule has 7 nitrogen and oxygen atoms in total. The number of aromatic nitrogens is 2. The number of aryl methyl sites for hydroxylation is 2. The molecule has 4 rings (SSSR count). The average molecular weight is 431 g/mol. The standard InChI is InChI=1S/C25H25N3O4/c1-14-3-7-16(8-4-14)22-23(17-9-5-15(2)6-10-17)28-25-24(27-22)19(12-21(31)32)18(13-26-25)11-20(29)30/h3-10,18-19H,11-13H2,1-2H3,(H,26,28)(H,29,30)(H,31,32). The van der Waals surface area contributed by atoms with Crippen LogP contribution in [0, 0.1) is 19.8 Å². The van der Waals surface area contributed by atoms with Gasteiger partial charge in [-0.05, 0) is 19.8 Å². The van der Waals surface area contributed by atoms with Crippen LogP contribution in [0.25, 0.3) is 22.5 Å². The number of fused-ring (bicyclic) bond motifs is 1.